The maximum Gasteiger partial charge on any atom is 0.283 e. The Morgan fingerprint density at radius 3 is 2.20 bits per heavy atom. The van der Waals surface area contributed by atoms with E-state index in [-0.39, 0.29) is 10.7 Å². The number of hydrogen-bond acceptors (Lipinski definition) is 3. The van der Waals surface area contributed by atoms with Gasteiger partial charge in [0.15, 0.2) is 0 Å². The average Bonchev–Trinajstić information content (AvgIpc) is 2.47. The summed E-state index contributed by atoms with van der Waals surface area (Å²) in [5.74, 6) is -0.375. The van der Waals surface area contributed by atoms with E-state index >= 15 is 0 Å². The van der Waals surface area contributed by atoms with E-state index in [4.69, 9.17) is 0 Å². The number of thioether (sulfide) groups is 1. The normalized spacial score (nSPS) is 12.4. The van der Waals surface area contributed by atoms with Gasteiger partial charge >= 0.3 is 0 Å². The van der Waals surface area contributed by atoms with Crippen molar-refractivity contribution in [3.63, 3.8) is 0 Å². The highest BCUT2D eigenvalue weighted by Crippen LogP contribution is 2.18. The predicted octanol–water partition coefficient (Wildman–Crippen LogP) is 3.32. The van der Waals surface area contributed by atoms with Gasteiger partial charge in [-0.25, -0.2) is 4.39 Å². The van der Waals surface area contributed by atoms with Crippen LogP contribution in [0.3, 0.4) is 0 Å². The van der Waals surface area contributed by atoms with Crippen LogP contribution in [0.2, 0.25) is 0 Å². The Morgan fingerprint density at radius 1 is 1.05 bits per heavy atom. The van der Waals surface area contributed by atoms with Gasteiger partial charge in [0, 0.05) is 5.56 Å². The molecule has 2 aromatic carbocycles. The standard InChI is InChI=1S/C14H12FNO2S2/c1-19-14(11-7-9-12(15)10-8-11)16-20(17,18)13-5-3-2-4-6-13/h2-10H,1H3. The monoisotopic (exact) mass is 309 g/mol. The zero-order valence-corrected chi connectivity index (χ0v) is 12.3. The molecule has 0 aliphatic heterocycles. The van der Waals surface area contributed by atoms with Gasteiger partial charge in [-0.1, -0.05) is 18.2 Å². The zero-order chi connectivity index (χ0) is 14.6. The van der Waals surface area contributed by atoms with Crippen LogP contribution in [-0.4, -0.2) is 19.7 Å². The smallest absolute Gasteiger partial charge is 0.207 e. The zero-order valence-electron chi connectivity index (χ0n) is 10.7. The van der Waals surface area contributed by atoms with E-state index in [9.17, 15) is 12.8 Å². The minimum Gasteiger partial charge on any atom is -0.207 e. The molecule has 3 nitrogen and oxygen atoms in total. The maximum atomic E-state index is 12.9. The molecule has 0 N–H and O–H groups in total. The van der Waals surface area contributed by atoms with Crippen LogP contribution < -0.4 is 0 Å². The Bertz CT molecular complexity index is 711. The summed E-state index contributed by atoms with van der Waals surface area (Å²) in [6, 6.07) is 13.5. The molecule has 0 aromatic heterocycles. The topological polar surface area (TPSA) is 46.5 Å². The molecule has 0 heterocycles. The Hall–Kier alpha value is -1.66. The van der Waals surface area contributed by atoms with E-state index in [2.05, 4.69) is 4.40 Å². The van der Waals surface area contributed by atoms with Crippen molar-refractivity contribution in [1.29, 1.82) is 0 Å². The molecule has 104 valence electrons. The number of benzene rings is 2. The molecule has 2 aromatic rings. The van der Waals surface area contributed by atoms with Gasteiger partial charge < -0.3 is 0 Å². The van der Waals surface area contributed by atoms with Crippen molar-refractivity contribution < 1.29 is 12.8 Å². The van der Waals surface area contributed by atoms with Gasteiger partial charge in [-0.3, -0.25) is 0 Å². The molecule has 0 atom stereocenters. The number of rotatable bonds is 3. The molecule has 0 spiro atoms. The average molecular weight is 309 g/mol. The first-order valence-electron chi connectivity index (χ1n) is 5.73. The van der Waals surface area contributed by atoms with Crippen LogP contribution in [0.15, 0.2) is 63.9 Å². The minimum absolute atomic E-state index is 0.133. The third kappa shape index (κ3) is 3.46. The minimum atomic E-state index is -3.76. The number of sulfonamides is 1. The number of nitrogens with zero attached hydrogens (tertiary/aromatic N) is 1. The molecule has 2 rings (SSSR count). The highest BCUT2D eigenvalue weighted by molar-refractivity contribution is 8.14. The van der Waals surface area contributed by atoms with Crippen molar-refractivity contribution in [3.05, 3.63) is 66.0 Å². The lowest BCUT2D eigenvalue weighted by atomic mass is 10.2. The first-order valence-corrected chi connectivity index (χ1v) is 8.39. The van der Waals surface area contributed by atoms with E-state index in [1.165, 1.54) is 48.2 Å². The first kappa shape index (κ1) is 14.7. The van der Waals surface area contributed by atoms with Gasteiger partial charge in [-0.15, -0.1) is 11.8 Å². The van der Waals surface area contributed by atoms with Crippen LogP contribution in [0.25, 0.3) is 0 Å². The van der Waals surface area contributed by atoms with Gasteiger partial charge in [-0.2, -0.15) is 12.8 Å². The molecule has 0 unspecified atom stereocenters. The largest absolute Gasteiger partial charge is 0.283 e. The molecule has 0 saturated heterocycles. The second kappa shape index (κ2) is 6.19. The molecule has 0 amide bonds. The second-order valence-corrected chi connectivity index (χ2v) is 6.29. The molecule has 0 radical (unpaired) electrons. The van der Waals surface area contributed by atoms with E-state index in [1.54, 1.807) is 24.5 Å². The second-order valence-electron chi connectivity index (χ2n) is 3.90. The van der Waals surface area contributed by atoms with Crippen LogP contribution in [0.1, 0.15) is 5.56 Å². The lowest BCUT2D eigenvalue weighted by Crippen LogP contribution is -2.03. The maximum absolute atomic E-state index is 12.9. The van der Waals surface area contributed by atoms with Crippen LogP contribution in [0.5, 0.6) is 0 Å². The molecule has 0 saturated carbocycles. The third-order valence-electron chi connectivity index (χ3n) is 2.53. The molecule has 0 bridgehead atoms. The SMILES string of the molecule is CSC(=NS(=O)(=O)c1ccccc1)c1ccc(F)cc1. The van der Waals surface area contributed by atoms with Crippen LogP contribution in [0, 0.1) is 5.82 Å². The van der Waals surface area contributed by atoms with Crippen molar-refractivity contribution in [2.45, 2.75) is 4.90 Å². The molecular weight excluding hydrogens is 297 g/mol. The summed E-state index contributed by atoms with van der Waals surface area (Å²) in [7, 11) is -3.76. The van der Waals surface area contributed by atoms with Crippen LogP contribution in [-0.2, 0) is 10.0 Å². The molecule has 0 aliphatic rings. The van der Waals surface area contributed by atoms with Gasteiger partial charge in [0.05, 0.1) is 4.90 Å². The highest BCUT2D eigenvalue weighted by Gasteiger charge is 2.14. The van der Waals surface area contributed by atoms with E-state index in [1.807, 2.05) is 0 Å². The lowest BCUT2D eigenvalue weighted by molar-refractivity contribution is 0.598. The summed E-state index contributed by atoms with van der Waals surface area (Å²) in [4.78, 5) is 0.133. The molecule has 0 fully saturated rings. The fraction of sp³-hybridized carbons (Fsp3) is 0.0714. The Labute approximate surface area is 121 Å². The van der Waals surface area contributed by atoms with E-state index in [0.717, 1.165) is 0 Å². The van der Waals surface area contributed by atoms with E-state index in [0.29, 0.717) is 10.6 Å². The third-order valence-corrected chi connectivity index (χ3v) is 4.65. The quantitative estimate of drug-likeness (QED) is 0.645. The van der Waals surface area contributed by atoms with Crippen molar-refractivity contribution in [2.75, 3.05) is 6.26 Å². The number of hydrogen-bond donors (Lipinski definition) is 0. The summed E-state index contributed by atoms with van der Waals surface area (Å²) in [5, 5.41) is 0.328. The van der Waals surface area contributed by atoms with Crippen molar-refractivity contribution in [1.82, 2.24) is 0 Å². The predicted molar refractivity (Wildman–Crippen MR) is 80.1 cm³/mol. The number of halogens is 1. The summed E-state index contributed by atoms with van der Waals surface area (Å²) in [6.45, 7) is 0. The molecule has 20 heavy (non-hydrogen) atoms. The van der Waals surface area contributed by atoms with Crippen molar-refractivity contribution in [3.8, 4) is 0 Å². The van der Waals surface area contributed by atoms with Crippen molar-refractivity contribution >= 4 is 26.8 Å². The van der Waals surface area contributed by atoms with Gasteiger partial charge in [0.1, 0.15) is 10.9 Å². The fourth-order valence-corrected chi connectivity index (χ4v) is 3.45. The van der Waals surface area contributed by atoms with Gasteiger partial charge in [0.25, 0.3) is 10.0 Å². The fourth-order valence-electron chi connectivity index (χ4n) is 1.55. The Kier molecular flexibility index (Phi) is 4.57. The summed E-state index contributed by atoms with van der Waals surface area (Å²) in [6.07, 6.45) is 1.72. The summed E-state index contributed by atoms with van der Waals surface area (Å²) in [5.41, 5.74) is 0.568. The van der Waals surface area contributed by atoms with Crippen molar-refractivity contribution in [2.24, 2.45) is 4.40 Å². The summed E-state index contributed by atoms with van der Waals surface area (Å²) >= 11 is 1.20. The van der Waals surface area contributed by atoms with Gasteiger partial charge in [-0.05, 0) is 42.7 Å². The molecule has 6 heteroatoms. The Morgan fingerprint density at radius 2 is 1.65 bits per heavy atom. The molecular formula is C14H12FNO2S2. The molecule has 0 aliphatic carbocycles. The van der Waals surface area contributed by atoms with E-state index < -0.39 is 10.0 Å². The first-order chi connectivity index (χ1) is 9.53. The van der Waals surface area contributed by atoms with Crippen LogP contribution >= 0.6 is 11.8 Å². The van der Waals surface area contributed by atoms with Crippen LogP contribution in [0.4, 0.5) is 4.39 Å². The highest BCUT2D eigenvalue weighted by atomic mass is 32.2. The summed E-state index contributed by atoms with van der Waals surface area (Å²) < 4.78 is 41.1. The van der Waals surface area contributed by atoms with Gasteiger partial charge in [0.2, 0.25) is 0 Å². The Balaban J connectivity index is 2.43. The lowest BCUT2D eigenvalue weighted by Gasteiger charge is -2.04.